The van der Waals surface area contributed by atoms with Gasteiger partial charge >= 0.3 is 5.97 Å². The van der Waals surface area contributed by atoms with Crippen molar-refractivity contribution >= 4 is 18.0 Å². The van der Waals surface area contributed by atoms with E-state index in [-0.39, 0.29) is 5.78 Å². The Kier molecular flexibility index (Phi) is 6.16. The number of Topliss-reactive ketones (excluding diaryl/α,β-unsaturated/α-hetero) is 1. The second kappa shape index (κ2) is 8.60. The number of benzene rings is 2. The van der Waals surface area contributed by atoms with Crippen molar-refractivity contribution in [1.29, 1.82) is 0 Å². The third kappa shape index (κ3) is 3.95. The number of carbonyl (C=O) groups excluding carboxylic acids is 3. The number of fused-ring (bicyclic) bond motifs is 1. The minimum atomic E-state index is -0.557. The number of esters is 1. The van der Waals surface area contributed by atoms with Crippen molar-refractivity contribution in [3.05, 3.63) is 64.2 Å². The molecular formula is C24H26O5. The lowest BCUT2D eigenvalue weighted by Gasteiger charge is -2.29. The molecule has 152 valence electrons. The molecule has 0 saturated carbocycles. The summed E-state index contributed by atoms with van der Waals surface area (Å²) in [6, 6.07) is 10.6. The smallest absolute Gasteiger partial charge is 0.337 e. The lowest BCUT2D eigenvalue weighted by Crippen LogP contribution is -2.29. The first-order valence-electron chi connectivity index (χ1n) is 9.79. The van der Waals surface area contributed by atoms with Crippen LogP contribution in [-0.4, -0.2) is 32.3 Å². The molecule has 2 aromatic carbocycles. The van der Waals surface area contributed by atoms with Crippen LogP contribution in [0.5, 0.6) is 5.75 Å². The Balaban J connectivity index is 1.93. The number of aryl methyl sites for hydroxylation is 1. The van der Waals surface area contributed by atoms with E-state index in [1.54, 1.807) is 31.4 Å². The number of rotatable bonds is 6. The molecule has 0 N–H and O–H groups in total. The standard InChI is InChI=1S/C24H26O5/c1-14(2)19-11-17-9-10-18(23(26)20(17)12-22(19)28-3)21(13-25)15-5-7-16(8-6-15)24(27)29-4/h5-8,11-14,18,21H,9-10H2,1-4H3. The summed E-state index contributed by atoms with van der Waals surface area (Å²) in [5.74, 6) is -0.461. The fourth-order valence-corrected chi connectivity index (χ4v) is 4.06. The predicted molar refractivity (Wildman–Crippen MR) is 110 cm³/mol. The van der Waals surface area contributed by atoms with Crippen molar-refractivity contribution < 1.29 is 23.9 Å². The van der Waals surface area contributed by atoms with Crippen molar-refractivity contribution in [1.82, 2.24) is 0 Å². The average Bonchev–Trinajstić information content (AvgIpc) is 2.74. The van der Waals surface area contributed by atoms with E-state index in [1.165, 1.54) is 7.11 Å². The molecule has 5 nitrogen and oxygen atoms in total. The highest BCUT2D eigenvalue weighted by Crippen LogP contribution is 2.38. The summed E-state index contributed by atoms with van der Waals surface area (Å²) < 4.78 is 10.2. The number of ketones is 1. The zero-order valence-electron chi connectivity index (χ0n) is 17.2. The normalized spacial score (nSPS) is 16.9. The zero-order chi connectivity index (χ0) is 21.1. The second-order valence-electron chi connectivity index (χ2n) is 7.69. The molecule has 2 unspecified atom stereocenters. The molecule has 0 aromatic heterocycles. The predicted octanol–water partition coefficient (Wildman–Crippen LogP) is 4.33. The summed E-state index contributed by atoms with van der Waals surface area (Å²) in [6.07, 6.45) is 2.18. The van der Waals surface area contributed by atoms with Crippen LogP contribution in [-0.2, 0) is 16.0 Å². The first-order chi connectivity index (χ1) is 13.9. The molecule has 0 saturated heterocycles. The van der Waals surface area contributed by atoms with Crippen LogP contribution in [0.3, 0.4) is 0 Å². The van der Waals surface area contributed by atoms with Crippen molar-refractivity contribution in [2.75, 3.05) is 14.2 Å². The molecule has 0 heterocycles. The molecule has 1 aliphatic carbocycles. The van der Waals surface area contributed by atoms with Crippen LogP contribution in [0.4, 0.5) is 0 Å². The Labute approximate surface area is 171 Å². The summed E-state index contributed by atoms with van der Waals surface area (Å²) in [4.78, 5) is 36.8. The number of hydrogen-bond acceptors (Lipinski definition) is 5. The lowest BCUT2D eigenvalue weighted by atomic mass is 9.73. The van der Waals surface area contributed by atoms with E-state index in [1.807, 2.05) is 6.07 Å². The van der Waals surface area contributed by atoms with Gasteiger partial charge in [0.1, 0.15) is 12.0 Å². The van der Waals surface area contributed by atoms with Crippen LogP contribution in [0.15, 0.2) is 36.4 Å². The highest BCUT2D eigenvalue weighted by atomic mass is 16.5. The molecule has 5 heteroatoms. The van der Waals surface area contributed by atoms with Gasteiger partial charge in [0.15, 0.2) is 5.78 Å². The molecule has 0 radical (unpaired) electrons. The first kappa shape index (κ1) is 20.8. The lowest BCUT2D eigenvalue weighted by molar-refractivity contribution is -0.109. The summed E-state index contributed by atoms with van der Waals surface area (Å²) in [7, 11) is 2.93. The van der Waals surface area contributed by atoms with E-state index in [2.05, 4.69) is 19.9 Å². The Morgan fingerprint density at radius 2 is 1.83 bits per heavy atom. The fraction of sp³-hybridized carbons (Fsp3) is 0.375. The number of carbonyl (C=O) groups is 3. The first-order valence-corrected chi connectivity index (χ1v) is 9.79. The van der Waals surface area contributed by atoms with Gasteiger partial charge in [0.25, 0.3) is 0 Å². The molecule has 0 aliphatic heterocycles. The van der Waals surface area contributed by atoms with E-state index >= 15 is 0 Å². The van der Waals surface area contributed by atoms with Gasteiger partial charge in [-0.2, -0.15) is 0 Å². The molecule has 2 atom stereocenters. The maximum Gasteiger partial charge on any atom is 0.337 e. The molecule has 0 bridgehead atoms. The van der Waals surface area contributed by atoms with E-state index in [0.717, 1.165) is 29.4 Å². The monoisotopic (exact) mass is 394 g/mol. The Morgan fingerprint density at radius 3 is 2.38 bits per heavy atom. The van der Waals surface area contributed by atoms with E-state index < -0.39 is 17.8 Å². The molecule has 2 aromatic rings. The van der Waals surface area contributed by atoms with Crippen LogP contribution in [0, 0.1) is 5.92 Å². The largest absolute Gasteiger partial charge is 0.496 e. The van der Waals surface area contributed by atoms with Gasteiger partial charge in [-0.05, 0) is 53.6 Å². The van der Waals surface area contributed by atoms with E-state index in [4.69, 9.17) is 9.47 Å². The maximum atomic E-state index is 13.3. The van der Waals surface area contributed by atoms with Gasteiger partial charge < -0.3 is 14.3 Å². The van der Waals surface area contributed by atoms with Crippen LogP contribution in [0.2, 0.25) is 0 Å². The average molecular weight is 394 g/mol. The molecule has 29 heavy (non-hydrogen) atoms. The quantitative estimate of drug-likeness (QED) is 0.539. The Morgan fingerprint density at radius 1 is 1.14 bits per heavy atom. The van der Waals surface area contributed by atoms with Crippen molar-refractivity contribution in [2.24, 2.45) is 5.92 Å². The van der Waals surface area contributed by atoms with E-state index in [0.29, 0.717) is 29.2 Å². The molecule has 3 rings (SSSR count). The summed E-state index contributed by atoms with van der Waals surface area (Å²) in [5.41, 5.74) is 3.87. The number of hydrogen-bond donors (Lipinski definition) is 0. The Hall–Kier alpha value is -2.95. The second-order valence-corrected chi connectivity index (χ2v) is 7.69. The number of ether oxygens (including phenoxy) is 2. The summed E-state index contributed by atoms with van der Waals surface area (Å²) in [6.45, 7) is 4.19. The number of methoxy groups -OCH3 is 2. The zero-order valence-corrected chi connectivity index (χ0v) is 17.2. The SMILES string of the molecule is COC(=O)c1ccc(C(C=O)C2CCc3cc(C(C)C)c(OC)cc3C2=O)cc1. The topological polar surface area (TPSA) is 69.7 Å². The van der Waals surface area contributed by atoms with Gasteiger partial charge in [-0.15, -0.1) is 0 Å². The van der Waals surface area contributed by atoms with Gasteiger partial charge in [-0.25, -0.2) is 4.79 Å². The van der Waals surface area contributed by atoms with Crippen LogP contribution in [0.25, 0.3) is 0 Å². The van der Waals surface area contributed by atoms with E-state index in [9.17, 15) is 14.4 Å². The van der Waals surface area contributed by atoms with Crippen LogP contribution >= 0.6 is 0 Å². The van der Waals surface area contributed by atoms with Gasteiger partial charge in [-0.1, -0.05) is 32.0 Å². The molecule has 0 spiro atoms. The van der Waals surface area contributed by atoms with Crippen molar-refractivity contribution in [3.8, 4) is 5.75 Å². The minimum Gasteiger partial charge on any atom is -0.496 e. The highest BCUT2D eigenvalue weighted by molar-refractivity contribution is 6.02. The van der Waals surface area contributed by atoms with Gasteiger partial charge in [0.05, 0.1) is 19.8 Å². The highest BCUT2D eigenvalue weighted by Gasteiger charge is 2.35. The summed E-state index contributed by atoms with van der Waals surface area (Å²) in [5, 5.41) is 0. The van der Waals surface area contributed by atoms with Gasteiger partial charge in [0, 0.05) is 17.4 Å². The fourth-order valence-electron chi connectivity index (χ4n) is 4.06. The van der Waals surface area contributed by atoms with Crippen LogP contribution in [0.1, 0.15) is 69.5 Å². The molecule has 0 fully saturated rings. The molecular weight excluding hydrogens is 368 g/mol. The van der Waals surface area contributed by atoms with Gasteiger partial charge in [-0.3, -0.25) is 4.79 Å². The molecule has 1 aliphatic rings. The third-order valence-electron chi connectivity index (χ3n) is 5.70. The van der Waals surface area contributed by atoms with Crippen molar-refractivity contribution in [3.63, 3.8) is 0 Å². The van der Waals surface area contributed by atoms with Crippen molar-refractivity contribution in [2.45, 2.75) is 38.5 Å². The Bertz CT molecular complexity index is 927. The molecule has 0 amide bonds. The maximum absolute atomic E-state index is 13.3. The summed E-state index contributed by atoms with van der Waals surface area (Å²) >= 11 is 0. The van der Waals surface area contributed by atoms with Gasteiger partial charge in [0.2, 0.25) is 0 Å². The third-order valence-corrected chi connectivity index (χ3v) is 5.70. The van der Waals surface area contributed by atoms with Crippen LogP contribution < -0.4 is 4.74 Å². The number of aldehydes is 1. The minimum absolute atomic E-state index is 0.0333.